The number of hydrogen-bond donors (Lipinski definition) is 0. The molecule has 1 aromatic rings. The van der Waals surface area contributed by atoms with E-state index in [9.17, 15) is 0 Å². The zero-order chi connectivity index (χ0) is 16.6. The first-order valence-corrected chi connectivity index (χ1v) is 8.33. The number of hydrogen-bond acceptors (Lipinski definition) is 4. The molecular weight excluding hydrogens is 324 g/mol. The maximum absolute atomic E-state index is 5.80. The number of nitrogens with zero attached hydrogens (tertiary/aromatic N) is 2. The molecule has 2 heterocycles. The van der Waals surface area contributed by atoms with Crippen LogP contribution in [-0.2, 0) is 4.74 Å². The van der Waals surface area contributed by atoms with Crippen molar-refractivity contribution < 1.29 is 4.74 Å². The number of rotatable bonds is 3. The van der Waals surface area contributed by atoms with Gasteiger partial charge in [0, 0.05) is 18.8 Å². The first-order chi connectivity index (χ1) is 11.1. The fourth-order valence-corrected chi connectivity index (χ4v) is 3.43. The van der Waals surface area contributed by atoms with Crippen molar-refractivity contribution in [3.63, 3.8) is 0 Å². The lowest BCUT2D eigenvalue weighted by Crippen LogP contribution is -2.29. The van der Waals surface area contributed by atoms with Crippen LogP contribution >= 0.6 is 24.4 Å². The third-order valence-corrected chi connectivity index (χ3v) is 4.60. The second kappa shape index (κ2) is 6.26. The average Bonchev–Trinajstić information content (AvgIpc) is 2.82. The number of anilines is 1. The fourth-order valence-electron chi connectivity index (χ4n) is 2.82. The van der Waals surface area contributed by atoms with Crippen LogP contribution in [0.15, 0.2) is 48.4 Å². The fraction of sp³-hybridized carbons (Fsp3) is 0.222. The SMILES string of the molecule is C=CCN1C(=S)OC(=C2C=Cc3cc(C)ccc3N2CC)C1=S. The van der Waals surface area contributed by atoms with Gasteiger partial charge in [0.2, 0.25) is 0 Å². The maximum Gasteiger partial charge on any atom is 0.270 e. The molecule has 0 bridgehead atoms. The Bertz CT molecular complexity index is 764. The predicted molar refractivity (Wildman–Crippen MR) is 103 cm³/mol. The van der Waals surface area contributed by atoms with E-state index in [1.54, 1.807) is 11.0 Å². The Morgan fingerprint density at radius 3 is 2.70 bits per heavy atom. The molecular formula is C18H18N2OS2. The lowest BCUT2D eigenvalue weighted by atomic mass is 10.0. The molecule has 5 heteroatoms. The molecule has 0 spiro atoms. The predicted octanol–water partition coefficient (Wildman–Crippen LogP) is 4.19. The molecule has 0 aromatic heterocycles. The molecule has 1 saturated heterocycles. The molecule has 3 rings (SSSR count). The zero-order valence-corrected chi connectivity index (χ0v) is 14.8. The minimum absolute atomic E-state index is 0.386. The Hall–Kier alpha value is -1.98. The molecule has 2 aliphatic rings. The van der Waals surface area contributed by atoms with Crippen LogP contribution in [0.3, 0.4) is 0 Å². The zero-order valence-electron chi connectivity index (χ0n) is 13.2. The highest BCUT2D eigenvalue weighted by atomic mass is 32.1. The van der Waals surface area contributed by atoms with Crippen molar-refractivity contribution in [3.05, 3.63) is 59.5 Å². The van der Waals surface area contributed by atoms with Gasteiger partial charge in [-0.15, -0.1) is 6.58 Å². The van der Waals surface area contributed by atoms with Gasteiger partial charge in [-0.25, -0.2) is 0 Å². The van der Waals surface area contributed by atoms with E-state index in [2.05, 4.69) is 49.6 Å². The van der Waals surface area contributed by atoms with E-state index >= 15 is 0 Å². The maximum atomic E-state index is 5.80. The monoisotopic (exact) mass is 342 g/mol. The van der Waals surface area contributed by atoms with Gasteiger partial charge < -0.3 is 9.64 Å². The number of thiocarbonyl (C=S) groups is 2. The number of ether oxygens (including phenoxy) is 1. The summed E-state index contributed by atoms with van der Waals surface area (Å²) in [5, 5.41) is 0.386. The largest absolute Gasteiger partial charge is 0.426 e. The molecule has 2 aliphatic heterocycles. The van der Waals surface area contributed by atoms with Crippen LogP contribution in [0.1, 0.15) is 18.1 Å². The topological polar surface area (TPSA) is 15.7 Å². The summed E-state index contributed by atoms with van der Waals surface area (Å²) in [5.41, 5.74) is 4.54. The molecule has 118 valence electrons. The number of allylic oxidation sites excluding steroid dienone is 1. The van der Waals surface area contributed by atoms with Crippen LogP contribution < -0.4 is 4.90 Å². The smallest absolute Gasteiger partial charge is 0.270 e. The van der Waals surface area contributed by atoms with Crippen molar-refractivity contribution in [3.8, 4) is 0 Å². The molecule has 1 fully saturated rings. The summed E-state index contributed by atoms with van der Waals surface area (Å²) < 4.78 is 5.80. The van der Waals surface area contributed by atoms with Gasteiger partial charge in [0.25, 0.3) is 5.17 Å². The van der Waals surface area contributed by atoms with Gasteiger partial charge in [-0.2, -0.15) is 0 Å². The minimum Gasteiger partial charge on any atom is -0.426 e. The molecule has 0 aliphatic carbocycles. The van der Waals surface area contributed by atoms with Gasteiger partial charge in [-0.05, 0) is 49.8 Å². The van der Waals surface area contributed by atoms with Crippen LogP contribution in [0.2, 0.25) is 0 Å². The Morgan fingerprint density at radius 1 is 1.22 bits per heavy atom. The Morgan fingerprint density at radius 2 is 2.00 bits per heavy atom. The van der Waals surface area contributed by atoms with Crippen LogP contribution in [0.4, 0.5) is 5.69 Å². The number of benzene rings is 1. The molecule has 3 nitrogen and oxygen atoms in total. The summed E-state index contributed by atoms with van der Waals surface area (Å²) in [6, 6.07) is 6.43. The summed E-state index contributed by atoms with van der Waals surface area (Å²) in [7, 11) is 0. The standard InChI is InChI=1S/C18H18N2OS2/c1-4-10-20-17(22)16(21-18(20)23)15-9-7-13-11-12(3)6-8-14(13)19(15)5-2/h4,6-9,11H,1,5,10H2,2-3H3. The molecule has 1 aromatic carbocycles. The van der Waals surface area contributed by atoms with Gasteiger partial charge in [0.15, 0.2) is 10.7 Å². The van der Waals surface area contributed by atoms with Crippen LogP contribution in [0, 0.1) is 6.92 Å². The van der Waals surface area contributed by atoms with Gasteiger partial charge in [-0.1, -0.05) is 36.0 Å². The van der Waals surface area contributed by atoms with Crippen molar-refractivity contribution >= 4 is 46.4 Å². The summed E-state index contributed by atoms with van der Waals surface area (Å²) >= 11 is 10.8. The second-order valence-electron chi connectivity index (χ2n) is 5.43. The normalized spacial score (nSPS) is 19.9. The molecule has 0 saturated carbocycles. The molecule has 0 amide bonds. The number of fused-ring (bicyclic) bond motifs is 1. The average molecular weight is 342 g/mol. The van der Waals surface area contributed by atoms with E-state index in [0.29, 0.717) is 22.5 Å². The first kappa shape index (κ1) is 15.9. The van der Waals surface area contributed by atoms with Gasteiger partial charge in [0.05, 0.1) is 5.70 Å². The lowest BCUT2D eigenvalue weighted by molar-refractivity contribution is 0.437. The third kappa shape index (κ3) is 2.71. The van der Waals surface area contributed by atoms with Crippen molar-refractivity contribution in [2.45, 2.75) is 13.8 Å². The van der Waals surface area contributed by atoms with Crippen molar-refractivity contribution in [2.75, 3.05) is 18.0 Å². The number of aryl methyl sites for hydroxylation is 1. The quantitative estimate of drug-likeness (QED) is 0.463. The molecule has 0 N–H and O–H groups in total. The second-order valence-corrected chi connectivity index (χ2v) is 6.16. The van der Waals surface area contributed by atoms with Gasteiger partial charge >= 0.3 is 0 Å². The Labute approximate surface area is 147 Å². The van der Waals surface area contributed by atoms with Crippen LogP contribution in [0.25, 0.3) is 6.08 Å². The first-order valence-electron chi connectivity index (χ1n) is 7.52. The van der Waals surface area contributed by atoms with E-state index in [-0.39, 0.29) is 0 Å². The van der Waals surface area contributed by atoms with E-state index in [0.717, 1.165) is 17.9 Å². The van der Waals surface area contributed by atoms with Crippen LogP contribution in [0.5, 0.6) is 0 Å². The Balaban J connectivity index is 2.07. The van der Waals surface area contributed by atoms with E-state index in [4.69, 9.17) is 29.2 Å². The summed E-state index contributed by atoms with van der Waals surface area (Å²) in [5.74, 6) is 0.649. The minimum atomic E-state index is 0.386. The molecule has 0 atom stereocenters. The van der Waals surface area contributed by atoms with Gasteiger partial charge in [-0.3, -0.25) is 4.90 Å². The highest BCUT2D eigenvalue weighted by Gasteiger charge is 2.33. The lowest BCUT2D eigenvalue weighted by Gasteiger charge is -2.30. The van der Waals surface area contributed by atoms with E-state index < -0.39 is 0 Å². The molecule has 23 heavy (non-hydrogen) atoms. The van der Waals surface area contributed by atoms with Crippen molar-refractivity contribution in [2.24, 2.45) is 0 Å². The van der Waals surface area contributed by atoms with Crippen molar-refractivity contribution in [1.82, 2.24) is 4.90 Å². The van der Waals surface area contributed by atoms with Crippen molar-refractivity contribution in [1.29, 1.82) is 0 Å². The third-order valence-electron chi connectivity index (χ3n) is 3.90. The van der Waals surface area contributed by atoms with Crippen LogP contribution in [-0.4, -0.2) is 28.2 Å². The Kier molecular flexibility index (Phi) is 4.33. The highest BCUT2D eigenvalue weighted by molar-refractivity contribution is 7.82. The van der Waals surface area contributed by atoms with Gasteiger partial charge in [0.1, 0.15) is 0 Å². The molecule has 0 unspecified atom stereocenters. The summed E-state index contributed by atoms with van der Waals surface area (Å²) in [6.07, 6.45) is 5.91. The van der Waals surface area contributed by atoms with E-state index in [1.807, 2.05) is 6.08 Å². The number of likely N-dealkylation sites (N-methyl/N-ethyl adjacent to an activating group) is 1. The summed E-state index contributed by atoms with van der Waals surface area (Å²) in [4.78, 5) is 4.60. The summed E-state index contributed by atoms with van der Waals surface area (Å²) in [6.45, 7) is 9.33. The molecule has 0 radical (unpaired) electrons. The van der Waals surface area contributed by atoms with E-state index in [1.165, 1.54) is 11.1 Å². The highest BCUT2D eigenvalue weighted by Crippen LogP contribution is 2.35.